The SMILES string of the molecule is Cc1cc(-c2nc3ccccc3c3cc4ccccc4n23)cc(C)c1O. The molecule has 0 radical (unpaired) electrons. The number of phenolic OH excluding ortho intramolecular Hbond substituents is 1. The van der Waals surface area contributed by atoms with Gasteiger partial charge in [-0.15, -0.1) is 0 Å². The van der Waals surface area contributed by atoms with Crippen molar-refractivity contribution in [3.05, 3.63) is 77.9 Å². The maximum Gasteiger partial charge on any atom is 0.145 e. The molecule has 0 aliphatic heterocycles. The molecule has 0 saturated heterocycles. The normalized spacial score (nSPS) is 11.6. The van der Waals surface area contributed by atoms with Crippen molar-refractivity contribution in [1.82, 2.24) is 9.38 Å². The summed E-state index contributed by atoms with van der Waals surface area (Å²) in [5, 5.41) is 12.5. The van der Waals surface area contributed by atoms with Gasteiger partial charge in [0, 0.05) is 16.3 Å². The summed E-state index contributed by atoms with van der Waals surface area (Å²) < 4.78 is 2.23. The number of aryl methyl sites for hydroxylation is 2. The van der Waals surface area contributed by atoms with Crippen LogP contribution in [0, 0.1) is 13.8 Å². The second-order valence-corrected chi connectivity index (χ2v) is 6.84. The van der Waals surface area contributed by atoms with Crippen molar-refractivity contribution in [3.63, 3.8) is 0 Å². The molecule has 0 aliphatic rings. The topological polar surface area (TPSA) is 37.5 Å². The first kappa shape index (κ1) is 15.0. The van der Waals surface area contributed by atoms with Crippen molar-refractivity contribution in [2.75, 3.05) is 0 Å². The Balaban J connectivity index is 2.01. The first-order valence-corrected chi connectivity index (χ1v) is 8.73. The van der Waals surface area contributed by atoms with E-state index in [0.717, 1.165) is 44.5 Å². The largest absolute Gasteiger partial charge is 0.507 e. The summed E-state index contributed by atoms with van der Waals surface area (Å²) in [6, 6.07) is 22.9. The molecule has 5 rings (SSSR count). The molecule has 3 nitrogen and oxygen atoms in total. The van der Waals surface area contributed by atoms with Gasteiger partial charge in [-0.05, 0) is 55.3 Å². The van der Waals surface area contributed by atoms with Gasteiger partial charge in [-0.1, -0.05) is 36.4 Å². The molecular formula is C23H18N2O. The predicted octanol–water partition coefficient (Wildman–Crippen LogP) is 5.63. The number of nitrogens with zero attached hydrogens (tertiary/aromatic N) is 2. The van der Waals surface area contributed by atoms with E-state index in [1.54, 1.807) is 0 Å². The molecule has 2 aromatic heterocycles. The Morgan fingerprint density at radius 1 is 0.808 bits per heavy atom. The van der Waals surface area contributed by atoms with Gasteiger partial charge < -0.3 is 5.11 Å². The van der Waals surface area contributed by atoms with Crippen LogP contribution in [-0.2, 0) is 0 Å². The molecule has 0 bridgehead atoms. The van der Waals surface area contributed by atoms with E-state index in [9.17, 15) is 5.11 Å². The van der Waals surface area contributed by atoms with Crippen LogP contribution in [0.3, 0.4) is 0 Å². The van der Waals surface area contributed by atoms with Crippen molar-refractivity contribution in [2.45, 2.75) is 13.8 Å². The van der Waals surface area contributed by atoms with Crippen LogP contribution in [0.1, 0.15) is 11.1 Å². The van der Waals surface area contributed by atoms with Gasteiger partial charge in [0.2, 0.25) is 0 Å². The third-order valence-electron chi connectivity index (χ3n) is 5.08. The van der Waals surface area contributed by atoms with Gasteiger partial charge >= 0.3 is 0 Å². The zero-order valence-corrected chi connectivity index (χ0v) is 14.7. The molecule has 0 aliphatic carbocycles. The lowest BCUT2D eigenvalue weighted by molar-refractivity contribution is 0.467. The zero-order chi connectivity index (χ0) is 17.8. The smallest absolute Gasteiger partial charge is 0.145 e. The summed E-state index contributed by atoms with van der Waals surface area (Å²) in [5.74, 6) is 1.24. The van der Waals surface area contributed by atoms with E-state index in [1.165, 1.54) is 5.39 Å². The predicted molar refractivity (Wildman–Crippen MR) is 107 cm³/mol. The molecule has 3 heteroatoms. The average molecular weight is 338 g/mol. The highest BCUT2D eigenvalue weighted by atomic mass is 16.3. The number of benzene rings is 3. The Bertz CT molecular complexity index is 1290. The van der Waals surface area contributed by atoms with E-state index in [4.69, 9.17) is 4.98 Å². The van der Waals surface area contributed by atoms with Crippen LogP contribution in [0.4, 0.5) is 0 Å². The molecule has 2 heterocycles. The van der Waals surface area contributed by atoms with Crippen LogP contribution in [0.25, 0.3) is 38.7 Å². The number of rotatable bonds is 1. The third kappa shape index (κ3) is 2.04. The second-order valence-electron chi connectivity index (χ2n) is 6.84. The van der Waals surface area contributed by atoms with E-state index >= 15 is 0 Å². The lowest BCUT2D eigenvalue weighted by atomic mass is 10.0. The first-order chi connectivity index (χ1) is 12.6. The fraction of sp³-hybridized carbons (Fsp3) is 0.0870. The van der Waals surface area contributed by atoms with Crippen LogP contribution in [0.5, 0.6) is 5.75 Å². The molecule has 0 unspecified atom stereocenters. The Morgan fingerprint density at radius 3 is 2.31 bits per heavy atom. The molecule has 0 fully saturated rings. The molecule has 126 valence electrons. The number of hydrogen-bond acceptors (Lipinski definition) is 2. The van der Waals surface area contributed by atoms with E-state index in [1.807, 2.05) is 32.0 Å². The Morgan fingerprint density at radius 2 is 1.50 bits per heavy atom. The maximum absolute atomic E-state index is 10.2. The third-order valence-corrected chi connectivity index (χ3v) is 5.08. The average Bonchev–Trinajstić information content (AvgIpc) is 3.05. The van der Waals surface area contributed by atoms with Crippen molar-refractivity contribution in [1.29, 1.82) is 0 Å². The number of para-hydroxylation sites is 2. The minimum absolute atomic E-state index is 0.350. The summed E-state index contributed by atoms with van der Waals surface area (Å²) in [6.07, 6.45) is 0. The summed E-state index contributed by atoms with van der Waals surface area (Å²) in [5.41, 5.74) is 5.99. The quantitative estimate of drug-likeness (QED) is 0.430. The van der Waals surface area contributed by atoms with Crippen molar-refractivity contribution < 1.29 is 5.11 Å². The second kappa shape index (κ2) is 5.33. The highest BCUT2D eigenvalue weighted by molar-refractivity contribution is 6.02. The lowest BCUT2D eigenvalue weighted by Crippen LogP contribution is -1.98. The van der Waals surface area contributed by atoms with Crippen LogP contribution in [0.15, 0.2) is 66.7 Å². The Hall–Kier alpha value is -3.33. The lowest BCUT2D eigenvalue weighted by Gasteiger charge is -2.12. The van der Waals surface area contributed by atoms with Gasteiger partial charge in [-0.2, -0.15) is 0 Å². The zero-order valence-electron chi connectivity index (χ0n) is 14.7. The summed E-state index contributed by atoms with van der Waals surface area (Å²) in [6.45, 7) is 3.86. The Labute approximate surface area is 151 Å². The van der Waals surface area contributed by atoms with Gasteiger partial charge in [0.05, 0.1) is 16.6 Å². The summed E-state index contributed by atoms with van der Waals surface area (Å²) in [4.78, 5) is 4.99. The summed E-state index contributed by atoms with van der Waals surface area (Å²) >= 11 is 0. The number of aromatic hydroxyl groups is 1. The number of hydrogen-bond donors (Lipinski definition) is 1. The molecule has 0 amide bonds. The van der Waals surface area contributed by atoms with Crippen molar-refractivity contribution in [2.24, 2.45) is 0 Å². The van der Waals surface area contributed by atoms with Gasteiger partial charge in [0.15, 0.2) is 0 Å². The van der Waals surface area contributed by atoms with Crippen molar-refractivity contribution in [3.8, 4) is 17.1 Å². The molecule has 0 atom stereocenters. The first-order valence-electron chi connectivity index (χ1n) is 8.73. The standard InChI is InChI=1S/C23H18N2O/c1-14-11-17(12-15(2)22(14)26)23-24-19-9-5-4-8-18(19)21-13-16-7-3-6-10-20(16)25(21)23/h3-13,26H,1-2H3. The van der Waals surface area contributed by atoms with Crippen LogP contribution in [-0.4, -0.2) is 14.5 Å². The molecular weight excluding hydrogens is 320 g/mol. The van der Waals surface area contributed by atoms with Gasteiger partial charge in [-0.25, -0.2) is 4.98 Å². The van der Waals surface area contributed by atoms with Gasteiger partial charge in [-0.3, -0.25) is 4.40 Å². The molecule has 26 heavy (non-hydrogen) atoms. The highest BCUT2D eigenvalue weighted by Gasteiger charge is 2.15. The van der Waals surface area contributed by atoms with Gasteiger partial charge in [0.25, 0.3) is 0 Å². The maximum atomic E-state index is 10.2. The van der Waals surface area contributed by atoms with Crippen LogP contribution < -0.4 is 0 Å². The molecule has 5 aromatic rings. The molecule has 0 saturated carbocycles. The fourth-order valence-electron chi connectivity index (χ4n) is 3.81. The minimum Gasteiger partial charge on any atom is -0.507 e. The number of fused-ring (bicyclic) bond motifs is 5. The fourth-order valence-corrected chi connectivity index (χ4v) is 3.81. The van der Waals surface area contributed by atoms with Crippen LogP contribution >= 0.6 is 0 Å². The minimum atomic E-state index is 0.350. The highest BCUT2D eigenvalue weighted by Crippen LogP contribution is 2.34. The van der Waals surface area contributed by atoms with E-state index in [-0.39, 0.29) is 0 Å². The molecule has 0 spiro atoms. The number of aromatic nitrogens is 2. The van der Waals surface area contributed by atoms with E-state index in [0.29, 0.717) is 5.75 Å². The summed E-state index contributed by atoms with van der Waals surface area (Å²) in [7, 11) is 0. The number of phenols is 1. The van der Waals surface area contributed by atoms with E-state index < -0.39 is 0 Å². The monoisotopic (exact) mass is 338 g/mol. The van der Waals surface area contributed by atoms with E-state index in [2.05, 4.69) is 52.9 Å². The van der Waals surface area contributed by atoms with Gasteiger partial charge in [0.1, 0.15) is 11.6 Å². The van der Waals surface area contributed by atoms with Crippen molar-refractivity contribution >= 4 is 27.3 Å². The molecule has 3 aromatic carbocycles. The molecule has 1 N–H and O–H groups in total. The van der Waals surface area contributed by atoms with Crippen LogP contribution in [0.2, 0.25) is 0 Å². The Kier molecular flexibility index (Phi) is 3.07.